The van der Waals surface area contributed by atoms with Gasteiger partial charge in [0.15, 0.2) is 10.8 Å². The highest BCUT2D eigenvalue weighted by Crippen LogP contribution is 2.28. The van der Waals surface area contributed by atoms with Crippen molar-refractivity contribution in [3.63, 3.8) is 0 Å². The Bertz CT molecular complexity index is 1190. The number of fused-ring (bicyclic) bond motifs is 3. The van der Waals surface area contributed by atoms with Gasteiger partial charge in [0.2, 0.25) is 5.91 Å². The average Bonchev–Trinajstić information content (AvgIpc) is 3.18. The molecule has 2 aromatic carbocycles. The van der Waals surface area contributed by atoms with Crippen LogP contribution in [0.15, 0.2) is 53.7 Å². The third kappa shape index (κ3) is 3.84. The highest BCUT2D eigenvalue weighted by molar-refractivity contribution is 7.99. The van der Waals surface area contributed by atoms with E-state index in [1.165, 1.54) is 11.8 Å². The van der Waals surface area contributed by atoms with Gasteiger partial charge in [0.05, 0.1) is 25.5 Å². The van der Waals surface area contributed by atoms with Gasteiger partial charge in [-0.1, -0.05) is 11.8 Å². The first kappa shape index (κ1) is 19.1. The zero-order valence-electron chi connectivity index (χ0n) is 16.3. The standard InChI is InChI=1S/C21H20N4O3S/c1-13-10-14-4-7-17(28-3)11-18(14)25-20(13)23-24-21(25)29-12-19(26)22-15-5-8-16(27-2)9-6-15/h4-11H,12H2,1-3H3,(H,22,26). The molecule has 7 nitrogen and oxygen atoms in total. The van der Waals surface area contributed by atoms with Gasteiger partial charge in [-0.05, 0) is 60.3 Å². The van der Waals surface area contributed by atoms with Crippen LogP contribution in [0, 0.1) is 6.92 Å². The average molecular weight is 408 g/mol. The first-order valence-electron chi connectivity index (χ1n) is 8.98. The number of thioether (sulfide) groups is 1. The van der Waals surface area contributed by atoms with Crippen LogP contribution in [-0.2, 0) is 4.79 Å². The summed E-state index contributed by atoms with van der Waals surface area (Å²) in [7, 11) is 3.24. The van der Waals surface area contributed by atoms with E-state index in [0.29, 0.717) is 10.8 Å². The number of rotatable bonds is 6. The summed E-state index contributed by atoms with van der Waals surface area (Å²) in [5, 5.41) is 13.2. The van der Waals surface area contributed by atoms with E-state index in [-0.39, 0.29) is 11.7 Å². The zero-order chi connectivity index (χ0) is 20.4. The Hall–Kier alpha value is -3.26. The number of hydrogen-bond donors (Lipinski definition) is 1. The lowest BCUT2D eigenvalue weighted by Crippen LogP contribution is -2.14. The highest BCUT2D eigenvalue weighted by Gasteiger charge is 2.14. The number of hydrogen-bond acceptors (Lipinski definition) is 6. The van der Waals surface area contributed by atoms with Crippen molar-refractivity contribution in [3.05, 3.63) is 54.1 Å². The smallest absolute Gasteiger partial charge is 0.234 e. The molecule has 0 unspecified atom stereocenters. The van der Waals surface area contributed by atoms with Crippen LogP contribution in [-0.4, -0.2) is 40.5 Å². The molecule has 0 aliphatic carbocycles. The molecule has 0 bridgehead atoms. The summed E-state index contributed by atoms with van der Waals surface area (Å²) in [5.74, 6) is 1.59. The molecule has 0 atom stereocenters. The molecule has 29 heavy (non-hydrogen) atoms. The number of anilines is 1. The first-order valence-corrected chi connectivity index (χ1v) is 9.97. The van der Waals surface area contributed by atoms with Gasteiger partial charge in [-0.25, -0.2) is 0 Å². The molecule has 0 radical (unpaired) electrons. The summed E-state index contributed by atoms with van der Waals surface area (Å²) < 4.78 is 12.5. The topological polar surface area (TPSA) is 77.8 Å². The summed E-state index contributed by atoms with van der Waals surface area (Å²) >= 11 is 1.34. The van der Waals surface area contributed by atoms with Crippen molar-refractivity contribution in [2.45, 2.75) is 12.1 Å². The van der Waals surface area contributed by atoms with Gasteiger partial charge >= 0.3 is 0 Å². The van der Waals surface area contributed by atoms with Gasteiger partial charge in [0.25, 0.3) is 0 Å². The second kappa shape index (κ2) is 8.00. The molecule has 2 aromatic heterocycles. The number of methoxy groups -OCH3 is 2. The number of benzene rings is 2. The minimum absolute atomic E-state index is 0.119. The summed E-state index contributed by atoms with van der Waals surface area (Å²) in [6, 6.07) is 15.2. The van der Waals surface area contributed by atoms with Gasteiger partial charge in [-0.3, -0.25) is 9.20 Å². The lowest BCUT2D eigenvalue weighted by Gasteiger charge is -2.09. The number of aromatic nitrogens is 3. The summed E-state index contributed by atoms with van der Waals surface area (Å²) in [6.45, 7) is 2.00. The van der Waals surface area contributed by atoms with Crippen LogP contribution in [0.4, 0.5) is 5.69 Å². The van der Waals surface area contributed by atoms with E-state index < -0.39 is 0 Å². The molecule has 148 valence electrons. The van der Waals surface area contributed by atoms with E-state index >= 15 is 0 Å². The molecule has 0 saturated carbocycles. The summed E-state index contributed by atoms with van der Waals surface area (Å²) in [5.41, 5.74) is 3.44. The normalized spacial score (nSPS) is 11.0. The molecule has 0 fully saturated rings. The van der Waals surface area contributed by atoms with Crippen LogP contribution in [0.1, 0.15) is 5.56 Å². The third-order valence-corrected chi connectivity index (χ3v) is 5.47. The monoisotopic (exact) mass is 408 g/mol. The van der Waals surface area contributed by atoms with Crippen LogP contribution >= 0.6 is 11.8 Å². The van der Waals surface area contributed by atoms with Crippen molar-refractivity contribution < 1.29 is 14.3 Å². The van der Waals surface area contributed by atoms with E-state index in [1.807, 2.05) is 29.5 Å². The Morgan fingerprint density at radius 1 is 1.03 bits per heavy atom. The first-order chi connectivity index (χ1) is 14.1. The number of carbonyl (C=O) groups excluding carboxylic acids is 1. The fourth-order valence-electron chi connectivity index (χ4n) is 3.10. The number of aryl methyl sites for hydroxylation is 1. The molecule has 4 aromatic rings. The number of ether oxygens (including phenoxy) is 2. The Morgan fingerprint density at radius 3 is 2.48 bits per heavy atom. The SMILES string of the molecule is COc1ccc(NC(=O)CSc2nnc3c(C)cc4ccc(OC)cc4n23)cc1. The Morgan fingerprint density at radius 2 is 1.76 bits per heavy atom. The Kier molecular flexibility index (Phi) is 5.26. The van der Waals surface area contributed by atoms with E-state index in [1.54, 1.807) is 38.5 Å². The minimum atomic E-state index is -0.119. The van der Waals surface area contributed by atoms with Crippen LogP contribution < -0.4 is 14.8 Å². The number of nitrogens with one attached hydrogen (secondary N) is 1. The fourth-order valence-corrected chi connectivity index (χ4v) is 3.85. The molecule has 8 heteroatoms. The minimum Gasteiger partial charge on any atom is -0.497 e. The van der Waals surface area contributed by atoms with Crippen LogP contribution in [0.5, 0.6) is 11.5 Å². The number of carbonyl (C=O) groups is 1. The van der Waals surface area contributed by atoms with Crippen LogP contribution in [0.25, 0.3) is 16.6 Å². The molecular weight excluding hydrogens is 388 g/mol. The highest BCUT2D eigenvalue weighted by atomic mass is 32.2. The summed E-state index contributed by atoms with van der Waals surface area (Å²) in [4.78, 5) is 12.4. The molecule has 0 aliphatic heterocycles. The third-order valence-electron chi connectivity index (χ3n) is 4.54. The van der Waals surface area contributed by atoms with Gasteiger partial charge in [-0.2, -0.15) is 0 Å². The van der Waals surface area contributed by atoms with E-state index in [0.717, 1.165) is 33.6 Å². The van der Waals surface area contributed by atoms with Crippen molar-refractivity contribution in [2.24, 2.45) is 0 Å². The Labute approximate surface area is 172 Å². The second-order valence-corrected chi connectivity index (χ2v) is 7.40. The van der Waals surface area contributed by atoms with Gasteiger partial charge in [-0.15, -0.1) is 10.2 Å². The van der Waals surface area contributed by atoms with Gasteiger partial charge in [0.1, 0.15) is 11.5 Å². The molecular formula is C21H20N4O3S. The molecule has 0 saturated heterocycles. The quantitative estimate of drug-likeness (QED) is 0.487. The summed E-state index contributed by atoms with van der Waals surface area (Å²) in [6.07, 6.45) is 0. The van der Waals surface area contributed by atoms with Crippen LogP contribution in [0.2, 0.25) is 0 Å². The maximum atomic E-state index is 12.4. The molecule has 2 heterocycles. The molecule has 4 rings (SSSR count). The number of amides is 1. The molecule has 0 spiro atoms. The largest absolute Gasteiger partial charge is 0.497 e. The molecule has 0 aliphatic rings. The fraction of sp³-hybridized carbons (Fsp3) is 0.190. The predicted molar refractivity (Wildman–Crippen MR) is 114 cm³/mol. The number of pyridine rings is 1. The van der Waals surface area contributed by atoms with Crippen molar-refractivity contribution in [1.82, 2.24) is 14.6 Å². The van der Waals surface area contributed by atoms with Crippen molar-refractivity contribution in [1.29, 1.82) is 0 Å². The lowest BCUT2D eigenvalue weighted by atomic mass is 10.1. The lowest BCUT2D eigenvalue weighted by molar-refractivity contribution is -0.113. The molecule has 1 amide bonds. The van der Waals surface area contributed by atoms with E-state index in [9.17, 15) is 4.79 Å². The van der Waals surface area contributed by atoms with Gasteiger partial charge in [0, 0.05) is 11.8 Å². The number of nitrogens with zero attached hydrogens (tertiary/aromatic N) is 3. The maximum absolute atomic E-state index is 12.4. The zero-order valence-corrected chi connectivity index (χ0v) is 17.1. The van der Waals surface area contributed by atoms with Crippen molar-refractivity contribution >= 4 is 39.9 Å². The second-order valence-electron chi connectivity index (χ2n) is 6.46. The van der Waals surface area contributed by atoms with Crippen molar-refractivity contribution in [2.75, 3.05) is 25.3 Å². The van der Waals surface area contributed by atoms with E-state index in [2.05, 4.69) is 21.6 Å². The molecule has 1 N–H and O–H groups in total. The Balaban J connectivity index is 1.58. The van der Waals surface area contributed by atoms with Crippen LogP contribution in [0.3, 0.4) is 0 Å². The van der Waals surface area contributed by atoms with Gasteiger partial charge < -0.3 is 14.8 Å². The predicted octanol–water partition coefficient (Wildman–Crippen LogP) is 3.94. The van der Waals surface area contributed by atoms with E-state index in [4.69, 9.17) is 9.47 Å². The van der Waals surface area contributed by atoms with Crippen molar-refractivity contribution in [3.8, 4) is 11.5 Å². The maximum Gasteiger partial charge on any atom is 0.234 e.